The van der Waals surface area contributed by atoms with E-state index in [0.29, 0.717) is 13.0 Å². The quantitative estimate of drug-likeness (QED) is 0.769. The fraction of sp³-hybridized carbons (Fsp3) is 0.294. The van der Waals surface area contributed by atoms with Crippen LogP contribution in [0, 0.1) is 0 Å². The Morgan fingerprint density at radius 1 is 1.43 bits per heavy atom. The van der Waals surface area contributed by atoms with Crippen molar-refractivity contribution in [3.63, 3.8) is 0 Å². The van der Waals surface area contributed by atoms with E-state index in [1.54, 1.807) is 11.3 Å². The number of rotatable bonds is 5. The fourth-order valence-corrected chi connectivity index (χ4v) is 3.63. The summed E-state index contributed by atoms with van der Waals surface area (Å²) in [5.41, 5.74) is 3.18. The Morgan fingerprint density at radius 2 is 2.35 bits per heavy atom. The molecule has 1 amide bonds. The van der Waals surface area contributed by atoms with E-state index in [9.17, 15) is 4.79 Å². The number of halogens is 1. The van der Waals surface area contributed by atoms with Crippen molar-refractivity contribution in [2.75, 3.05) is 19.6 Å². The first kappa shape index (κ1) is 16.4. The van der Waals surface area contributed by atoms with E-state index >= 15 is 0 Å². The van der Waals surface area contributed by atoms with Gasteiger partial charge in [-0.3, -0.25) is 4.79 Å². The molecule has 2 aromatic rings. The summed E-state index contributed by atoms with van der Waals surface area (Å²) >= 11 is 5.04. The average Bonchev–Trinajstić information content (AvgIpc) is 3.02. The highest BCUT2D eigenvalue weighted by atomic mass is 79.9. The minimum Gasteiger partial charge on any atom is -0.352 e. The van der Waals surface area contributed by atoms with E-state index in [2.05, 4.69) is 37.6 Å². The van der Waals surface area contributed by atoms with Crippen molar-refractivity contribution in [2.24, 2.45) is 0 Å². The van der Waals surface area contributed by atoms with Gasteiger partial charge < -0.3 is 10.6 Å². The van der Waals surface area contributed by atoms with Crippen molar-refractivity contribution >= 4 is 33.2 Å². The zero-order valence-corrected chi connectivity index (χ0v) is 15.0. The highest BCUT2D eigenvalue weighted by Gasteiger charge is 2.10. The van der Waals surface area contributed by atoms with Gasteiger partial charge in [0.05, 0.1) is 12.1 Å². The first-order valence-electron chi connectivity index (χ1n) is 7.56. The van der Waals surface area contributed by atoms with E-state index < -0.39 is 0 Å². The molecule has 1 aliphatic rings. The van der Waals surface area contributed by atoms with E-state index in [-0.39, 0.29) is 5.91 Å². The van der Waals surface area contributed by atoms with Gasteiger partial charge in [-0.05, 0) is 25.1 Å². The van der Waals surface area contributed by atoms with Crippen LogP contribution in [0.5, 0.6) is 0 Å². The number of hydrogen-bond acceptors (Lipinski definition) is 4. The SMILES string of the molecule is O=C(Cc1csc(-c2cccc(Br)c2)n1)NCC1=CCNCC1. The molecule has 0 aliphatic carbocycles. The molecule has 1 aromatic heterocycles. The molecular formula is C17H18BrN3OS. The van der Waals surface area contributed by atoms with Crippen LogP contribution in [-0.2, 0) is 11.2 Å². The summed E-state index contributed by atoms with van der Waals surface area (Å²) in [4.78, 5) is 16.6. The fourth-order valence-electron chi connectivity index (χ4n) is 2.41. The van der Waals surface area contributed by atoms with Gasteiger partial charge in [-0.1, -0.05) is 39.7 Å². The number of hydrogen-bond donors (Lipinski definition) is 2. The molecule has 0 radical (unpaired) electrons. The number of amides is 1. The summed E-state index contributed by atoms with van der Waals surface area (Å²) in [5.74, 6) is 0.0236. The predicted molar refractivity (Wildman–Crippen MR) is 97.5 cm³/mol. The molecule has 4 nitrogen and oxygen atoms in total. The second-order valence-corrected chi connectivity index (χ2v) is 7.20. The number of aromatic nitrogens is 1. The zero-order chi connectivity index (χ0) is 16.1. The van der Waals surface area contributed by atoms with Crippen molar-refractivity contribution in [3.8, 4) is 10.6 Å². The lowest BCUT2D eigenvalue weighted by atomic mass is 10.1. The van der Waals surface area contributed by atoms with Crippen molar-refractivity contribution in [1.82, 2.24) is 15.6 Å². The minimum absolute atomic E-state index is 0.0236. The zero-order valence-electron chi connectivity index (χ0n) is 12.6. The molecule has 3 rings (SSSR count). The number of carbonyl (C=O) groups excluding carboxylic acids is 1. The monoisotopic (exact) mass is 391 g/mol. The van der Waals surface area contributed by atoms with Crippen molar-refractivity contribution < 1.29 is 4.79 Å². The summed E-state index contributed by atoms with van der Waals surface area (Å²) in [6.07, 6.45) is 3.48. The second-order valence-electron chi connectivity index (χ2n) is 5.42. The Labute approximate surface area is 148 Å². The van der Waals surface area contributed by atoms with Crippen LogP contribution in [0.15, 0.2) is 45.8 Å². The summed E-state index contributed by atoms with van der Waals surface area (Å²) in [6.45, 7) is 2.53. The van der Waals surface area contributed by atoms with Gasteiger partial charge in [-0.25, -0.2) is 4.98 Å². The third-order valence-electron chi connectivity index (χ3n) is 3.64. The van der Waals surface area contributed by atoms with Crippen LogP contribution in [-0.4, -0.2) is 30.5 Å². The first-order chi connectivity index (χ1) is 11.2. The van der Waals surface area contributed by atoms with Gasteiger partial charge in [0.25, 0.3) is 0 Å². The Hall–Kier alpha value is -1.50. The van der Waals surface area contributed by atoms with Crippen LogP contribution in [0.4, 0.5) is 0 Å². The van der Waals surface area contributed by atoms with Crippen LogP contribution < -0.4 is 10.6 Å². The maximum atomic E-state index is 12.1. The van der Waals surface area contributed by atoms with Gasteiger partial charge >= 0.3 is 0 Å². The van der Waals surface area contributed by atoms with Crippen LogP contribution in [0.2, 0.25) is 0 Å². The molecule has 23 heavy (non-hydrogen) atoms. The van der Waals surface area contributed by atoms with Crippen molar-refractivity contribution in [2.45, 2.75) is 12.8 Å². The summed E-state index contributed by atoms with van der Waals surface area (Å²) in [6, 6.07) is 8.03. The molecule has 0 saturated heterocycles. The van der Waals surface area contributed by atoms with Gasteiger partial charge in [0.15, 0.2) is 0 Å². The number of nitrogens with zero attached hydrogens (tertiary/aromatic N) is 1. The predicted octanol–water partition coefficient (Wildman–Crippen LogP) is 3.15. The number of nitrogens with one attached hydrogen (secondary N) is 2. The summed E-state index contributed by atoms with van der Waals surface area (Å²) in [5, 5.41) is 9.14. The molecule has 1 aliphatic heterocycles. The van der Waals surface area contributed by atoms with Crippen molar-refractivity contribution in [3.05, 3.63) is 51.5 Å². The molecule has 120 valence electrons. The number of thiazole rings is 1. The topological polar surface area (TPSA) is 54.0 Å². The van der Waals surface area contributed by atoms with Gasteiger partial charge in [-0.15, -0.1) is 11.3 Å². The van der Waals surface area contributed by atoms with Crippen molar-refractivity contribution in [1.29, 1.82) is 0 Å². The Bertz CT molecular complexity index is 726. The molecule has 6 heteroatoms. The lowest BCUT2D eigenvalue weighted by molar-refractivity contribution is -0.120. The summed E-state index contributed by atoms with van der Waals surface area (Å²) in [7, 11) is 0. The van der Waals surface area contributed by atoms with Gasteiger partial charge in [0.2, 0.25) is 5.91 Å². The highest BCUT2D eigenvalue weighted by Crippen LogP contribution is 2.26. The van der Waals surface area contributed by atoms with Gasteiger partial charge in [-0.2, -0.15) is 0 Å². The largest absolute Gasteiger partial charge is 0.352 e. The van der Waals surface area contributed by atoms with Crippen LogP contribution in [0.1, 0.15) is 12.1 Å². The highest BCUT2D eigenvalue weighted by molar-refractivity contribution is 9.10. The maximum Gasteiger partial charge on any atom is 0.226 e. The molecule has 1 aromatic carbocycles. The lowest BCUT2D eigenvalue weighted by Gasteiger charge is -2.14. The third-order valence-corrected chi connectivity index (χ3v) is 5.07. The second kappa shape index (κ2) is 7.86. The van der Waals surface area contributed by atoms with Gasteiger partial charge in [0, 0.05) is 28.5 Å². The molecule has 0 bridgehead atoms. The summed E-state index contributed by atoms with van der Waals surface area (Å²) < 4.78 is 1.03. The number of benzene rings is 1. The number of carbonyl (C=O) groups is 1. The maximum absolute atomic E-state index is 12.1. The molecule has 0 atom stereocenters. The van der Waals surface area contributed by atoms with Gasteiger partial charge in [0.1, 0.15) is 5.01 Å². The van der Waals surface area contributed by atoms with E-state index in [0.717, 1.165) is 40.2 Å². The Balaban J connectivity index is 1.56. The van der Waals surface area contributed by atoms with Crippen LogP contribution in [0.3, 0.4) is 0 Å². The Kier molecular flexibility index (Phi) is 5.59. The lowest BCUT2D eigenvalue weighted by Crippen LogP contribution is -2.30. The average molecular weight is 392 g/mol. The normalized spacial score (nSPS) is 14.4. The van der Waals surface area contributed by atoms with E-state index in [1.165, 1.54) is 5.57 Å². The molecular weight excluding hydrogens is 374 g/mol. The molecule has 0 saturated carbocycles. The smallest absolute Gasteiger partial charge is 0.226 e. The van der Waals surface area contributed by atoms with E-state index in [4.69, 9.17) is 0 Å². The third kappa shape index (κ3) is 4.73. The molecule has 0 unspecified atom stereocenters. The first-order valence-corrected chi connectivity index (χ1v) is 9.23. The molecule has 2 N–H and O–H groups in total. The standard InChI is InChI=1S/C17H18BrN3OS/c18-14-3-1-2-13(8-14)17-21-15(11-23-17)9-16(22)20-10-12-4-6-19-7-5-12/h1-4,8,11,19H,5-7,9-10H2,(H,20,22). The molecule has 0 spiro atoms. The molecule has 2 heterocycles. The van der Waals surface area contributed by atoms with Crippen LogP contribution >= 0.6 is 27.3 Å². The Morgan fingerprint density at radius 3 is 3.13 bits per heavy atom. The van der Waals surface area contributed by atoms with Crippen LogP contribution in [0.25, 0.3) is 10.6 Å². The van der Waals surface area contributed by atoms with E-state index in [1.807, 2.05) is 29.6 Å². The minimum atomic E-state index is 0.0236. The molecule has 0 fully saturated rings.